The minimum atomic E-state index is -0.285. The van der Waals surface area contributed by atoms with E-state index in [1.807, 2.05) is 20.0 Å². The van der Waals surface area contributed by atoms with Gasteiger partial charge in [0.15, 0.2) is 0 Å². The summed E-state index contributed by atoms with van der Waals surface area (Å²) in [5.41, 5.74) is 0.716. The molecule has 1 atom stereocenters. The summed E-state index contributed by atoms with van der Waals surface area (Å²) in [6.07, 6.45) is 0. The van der Waals surface area contributed by atoms with Crippen molar-refractivity contribution >= 4 is 11.3 Å². The monoisotopic (exact) mass is 317 g/mol. The van der Waals surface area contributed by atoms with E-state index in [1.54, 1.807) is 23.5 Å². The Kier molecular flexibility index (Phi) is 4.31. The van der Waals surface area contributed by atoms with Crippen LogP contribution in [0.25, 0.3) is 11.5 Å². The largest absolute Gasteiger partial charge is 0.419 e. The van der Waals surface area contributed by atoms with Crippen LogP contribution >= 0.6 is 11.3 Å². The van der Waals surface area contributed by atoms with Crippen LogP contribution < -0.4 is 0 Å². The highest BCUT2D eigenvalue weighted by molar-refractivity contribution is 7.09. The molecule has 0 radical (unpaired) electrons. The number of hydrogen-bond donors (Lipinski definition) is 0. The molecule has 114 valence electrons. The van der Waals surface area contributed by atoms with Crippen molar-refractivity contribution in [1.82, 2.24) is 15.1 Å². The van der Waals surface area contributed by atoms with Crippen LogP contribution in [0, 0.1) is 5.82 Å². The Bertz CT molecular complexity index is 724. The Labute approximate surface area is 132 Å². The highest BCUT2D eigenvalue weighted by Crippen LogP contribution is 2.25. The first-order chi connectivity index (χ1) is 10.6. The Morgan fingerprint density at radius 1 is 1.23 bits per heavy atom. The molecule has 0 spiro atoms. The van der Waals surface area contributed by atoms with E-state index in [1.165, 1.54) is 17.0 Å². The normalized spacial score (nSPS) is 12.7. The van der Waals surface area contributed by atoms with Crippen LogP contribution in [-0.2, 0) is 6.54 Å². The van der Waals surface area contributed by atoms with E-state index in [2.05, 4.69) is 26.5 Å². The number of aromatic nitrogens is 2. The van der Waals surface area contributed by atoms with E-state index in [0.29, 0.717) is 17.3 Å². The summed E-state index contributed by atoms with van der Waals surface area (Å²) in [7, 11) is 2.02. The first kappa shape index (κ1) is 14.9. The zero-order valence-corrected chi connectivity index (χ0v) is 13.2. The van der Waals surface area contributed by atoms with Gasteiger partial charge in [-0.1, -0.05) is 6.07 Å². The van der Waals surface area contributed by atoms with Gasteiger partial charge in [0.1, 0.15) is 5.82 Å². The molecule has 0 aliphatic carbocycles. The standard InChI is InChI=1S/C16H16FN3OS/c1-11(20(2)10-14-4-3-9-22-14)15-18-19-16(21-15)12-5-7-13(17)8-6-12/h3-9,11H,10H2,1-2H3. The number of rotatable bonds is 5. The lowest BCUT2D eigenvalue weighted by Crippen LogP contribution is -2.21. The van der Waals surface area contributed by atoms with Gasteiger partial charge in [0, 0.05) is 17.0 Å². The van der Waals surface area contributed by atoms with Gasteiger partial charge in [0.25, 0.3) is 0 Å². The molecule has 1 aromatic carbocycles. The van der Waals surface area contributed by atoms with Crippen molar-refractivity contribution in [3.05, 3.63) is 58.4 Å². The second-order valence-corrected chi connectivity index (χ2v) is 6.16. The third-order valence-corrected chi connectivity index (χ3v) is 4.40. The van der Waals surface area contributed by atoms with Crippen molar-refractivity contribution in [2.75, 3.05) is 7.05 Å². The summed E-state index contributed by atoms with van der Waals surface area (Å²) in [5, 5.41) is 10.2. The van der Waals surface area contributed by atoms with Gasteiger partial charge in [-0.25, -0.2) is 4.39 Å². The van der Waals surface area contributed by atoms with Crippen molar-refractivity contribution in [3.8, 4) is 11.5 Å². The fraction of sp³-hybridized carbons (Fsp3) is 0.250. The van der Waals surface area contributed by atoms with Gasteiger partial charge in [0.05, 0.1) is 6.04 Å². The molecule has 0 aliphatic rings. The second kappa shape index (κ2) is 6.37. The predicted molar refractivity (Wildman–Crippen MR) is 83.9 cm³/mol. The molecular weight excluding hydrogens is 301 g/mol. The Balaban J connectivity index is 1.73. The third kappa shape index (κ3) is 3.23. The average molecular weight is 317 g/mol. The van der Waals surface area contributed by atoms with Crippen molar-refractivity contribution in [2.24, 2.45) is 0 Å². The van der Waals surface area contributed by atoms with Crippen molar-refractivity contribution in [3.63, 3.8) is 0 Å². The second-order valence-electron chi connectivity index (χ2n) is 5.12. The first-order valence-corrected chi connectivity index (χ1v) is 7.83. The zero-order valence-electron chi connectivity index (χ0n) is 12.4. The maximum Gasteiger partial charge on any atom is 0.247 e. The molecule has 3 rings (SSSR count). The number of halogens is 1. The van der Waals surface area contributed by atoms with Gasteiger partial charge in [-0.3, -0.25) is 4.90 Å². The summed E-state index contributed by atoms with van der Waals surface area (Å²) in [6, 6.07) is 10.2. The molecule has 0 aliphatic heterocycles. The summed E-state index contributed by atoms with van der Waals surface area (Å²) < 4.78 is 18.7. The van der Waals surface area contributed by atoms with Gasteiger partial charge >= 0.3 is 0 Å². The van der Waals surface area contributed by atoms with Crippen LogP contribution in [0.3, 0.4) is 0 Å². The minimum Gasteiger partial charge on any atom is -0.419 e. The van der Waals surface area contributed by atoms with Gasteiger partial charge in [-0.15, -0.1) is 21.5 Å². The first-order valence-electron chi connectivity index (χ1n) is 6.95. The van der Waals surface area contributed by atoms with Gasteiger partial charge in [-0.2, -0.15) is 0 Å². The van der Waals surface area contributed by atoms with Crippen LogP contribution in [0.2, 0.25) is 0 Å². The molecule has 3 aromatic rings. The van der Waals surface area contributed by atoms with E-state index < -0.39 is 0 Å². The van der Waals surface area contributed by atoms with Crippen LogP contribution in [0.4, 0.5) is 4.39 Å². The Hall–Kier alpha value is -2.05. The van der Waals surface area contributed by atoms with E-state index in [9.17, 15) is 4.39 Å². The summed E-state index contributed by atoms with van der Waals surface area (Å²) >= 11 is 1.72. The minimum absolute atomic E-state index is 0.00352. The molecule has 2 heterocycles. The molecule has 4 nitrogen and oxygen atoms in total. The zero-order chi connectivity index (χ0) is 15.5. The smallest absolute Gasteiger partial charge is 0.247 e. The number of thiophene rings is 1. The molecule has 22 heavy (non-hydrogen) atoms. The predicted octanol–water partition coefficient (Wildman–Crippen LogP) is 4.13. The number of benzene rings is 1. The van der Waals surface area contributed by atoms with Crippen molar-refractivity contribution in [1.29, 1.82) is 0 Å². The van der Waals surface area contributed by atoms with Gasteiger partial charge < -0.3 is 4.42 Å². The molecule has 0 bridgehead atoms. The van der Waals surface area contributed by atoms with E-state index in [-0.39, 0.29) is 11.9 Å². The molecule has 6 heteroatoms. The van der Waals surface area contributed by atoms with E-state index >= 15 is 0 Å². The number of hydrogen-bond acceptors (Lipinski definition) is 5. The Morgan fingerprint density at radius 2 is 2.00 bits per heavy atom. The molecule has 0 saturated heterocycles. The van der Waals surface area contributed by atoms with Crippen molar-refractivity contribution < 1.29 is 8.81 Å². The average Bonchev–Trinajstić information content (AvgIpc) is 3.18. The summed E-state index contributed by atoms with van der Waals surface area (Å²) in [6.45, 7) is 2.85. The van der Waals surface area contributed by atoms with Gasteiger partial charge in [-0.05, 0) is 49.7 Å². The molecule has 0 saturated carbocycles. The lowest BCUT2D eigenvalue weighted by atomic mass is 10.2. The highest BCUT2D eigenvalue weighted by atomic mass is 32.1. The van der Waals surface area contributed by atoms with E-state index in [4.69, 9.17) is 4.42 Å². The molecule has 0 amide bonds. The molecular formula is C16H16FN3OS. The quantitative estimate of drug-likeness (QED) is 0.709. The lowest BCUT2D eigenvalue weighted by molar-refractivity contribution is 0.219. The molecule has 1 unspecified atom stereocenters. The van der Waals surface area contributed by atoms with Crippen molar-refractivity contribution in [2.45, 2.75) is 19.5 Å². The fourth-order valence-corrected chi connectivity index (χ4v) is 2.85. The maximum absolute atomic E-state index is 12.9. The maximum atomic E-state index is 12.9. The van der Waals surface area contributed by atoms with Crippen LogP contribution in [0.1, 0.15) is 23.7 Å². The van der Waals surface area contributed by atoms with Gasteiger partial charge in [0.2, 0.25) is 11.8 Å². The number of nitrogens with zero attached hydrogens (tertiary/aromatic N) is 3. The van der Waals surface area contributed by atoms with Crippen LogP contribution in [-0.4, -0.2) is 22.1 Å². The molecule has 2 aromatic heterocycles. The summed E-state index contributed by atoms with van der Waals surface area (Å²) in [5.74, 6) is 0.678. The highest BCUT2D eigenvalue weighted by Gasteiger charge is 2.19. The lowest BCUT2D eigenvalue weighted by Gasteiger charge is -2.20. The molecule has 0 fully saturated rings. The Morgan fingerprint density at radius 3 is 2.68 bits per heavy atom. The van der Waals surface area contributed by atoms with Crippen LogP contribution in [0.5, 0.6) is 0 Å². The van der Waals surface area contributed by atoms with Crippen LogP contribution in [0.15, 0.2) is 46.2 Å². The topological polar surface area (TPSA) is 42.2 Å². The third-order valence-electron chi connectivity index (χ3n) is 3.54. The van der Waals surface area contributed by atoms with E-state index in [0.717, 1.165) is 6.54 Å². The molecule has 0 N–H and O–H groups in total. The SMILES string of the molecule is CC(c1nnc(-c2ccc(F)cc2)o1)N(C)Cc1cccs1. The summed E-state index contributed by atoms with van der Waals surface area (Å²) in [4.78, 5) is 3.43. The fourth-order valence-electron chi connectivity index (χ4n) is 2.09.